The van der Waals surface area contributed by atoms with E-state index in [1.165, 1.54) is 17.0 Å². The third-order valence-electron chi connectivity index (χ3n) is 3.52. The van der Waals surface area contributed by atoms with Gasteiger partial charge in [-0.1, -0.05) is 18.7 Å². The van der Waals surface area contributed by atoms with Gasteiger partial charge in [-0.15, -0.1) is 0 Å². The van der Waals surface area contributed by atoms with Crippen molar-refractivity contribution in [3.05, 3.63) is 23.7 Å². The number of aliphatic carboxylic acids is 1. The molecule has 1 fully saturated rings. The van der Waals surface area contributed by atoms with E-state index >= 15 is 0 Å². The van der Waals surface area contributed by atoms with Crippen LogP contribution in [0.15, 0.2) is 16.5 Å². The summed E-state index contributed by atoms with van der Waals surface area (Å²) in [6.45, 7) is 2.35. The Balaban J connectivity index is 1.86. The molecule has 5 nitrogen and oxygen atoms in total. The SMILES string of the molecule is CC(C(=O)O)C1CN(C(=O)c2ccc(CSC(F)F)o2)C1. The van der Waals surface area contributed by atoms with E-state index in [1.54, 1.807) is 6.92 Å². The number of thioether (sulfide) groups is 1. The molecule has 2 heterocycles. The topological polar surface area (TPSA) is 70.8 Å². The molecule has 1 aliphatic heterocycles. The Morgan fingerprint density at radius 1 is 1.48 bits per heavy atom. The molecule has 2 rings (SSSR count). The molecule has 8 heteroatoms. The Morgan fingerprint density at radius 3 is 2.71 bits per heavy atom. The third kappa shape index (κ3) is 3.75. The van der Waals surface area contributed by atoms with Crippen LogP contribution < -0.4 is 0 Å². The van der Waals surface area contributed by atoms with Gasteiger partial charge in [0.05, 0.1) is 11.7 Å². The fraction of sp³-hybridized carbons (Fsp3) is 0.538. The molecule has 0 spiro atoms. The highest BCUT2D eigenvalue weighted by Gasteiger charge is 2.38. The van der Waals surface area contributed by atoms with Gasteiger partial charge in [-0.3, -0.25) is 9.59 Å². The van der Waals surface area contributed by atoms with Crippen LogP contribution in [0.2, 0.25) is 0 Å². The van der Waals surface area contributed by atoms with Gasteiger partial charge in [0.1, 0.15) is 5.76 Å². The molecule has 116 valence electrons. The summed E-state index contributed by atoms with van der Waals surface area (Å²) in [6.07, 6.45) is 0. The number of alkyl halides is 2. The number of hydrogen-bond acceptors (Lipinski definition) is 4. The lowest BCUT2D eigenvalue weighted by Gasteiger charge is -2.40. The zero-order valence-corrected chi connectivity index (χ0v) is 12.1. The van der Waals surface area contributed by atoms with E-state index in [9.17, 15) is 18.4 Å². The van der Waals surface area contributed by atoms with Crippen LogP contribution in [-0.2, 0) is 10.5 Å². The average molecular weight is 319 g/mol. The van der Waals surface area contributed by atoms with Gasteiger partial charge in [-0.25, -0.2) is 0 Å². The minimum atomic E-state index is -2.48. The highest BCUT2D eigenvalue weighted by molar-refractivity contribution is 7.98. The van der Waals surface area contributed by atoms with Crippen molar-refractivity contribution in [2.24, 2.45) is 11.8 Å². The first-order chi connectivity index (χ1) is 9.88. The van der Waals surface area contributed by atoms with Crippen LogP contribution in [0.4, 0.5) is 8.78 Å². The molecule has 0 bridgehead atoms. The number of carboxylic acid groups (broad SMARTS) is 1. The number of likely N-dealkylation sites (tertiary alicyclic amines) is 1. The maximum atomic E-state index is 12.1. The first-order valence-corrected chi connectivity index (χ1v) is 7.44. The van der Waals surface area contributed by atoms with E-state index in [2.05, 4.69) is 0 Å². The zero-order chi connectivity index (χ0) is 15.6. The number of carbonyl (C=O) groups excluding carboxylic acids is 1. The number of carboxylic acids is 1. The largest absolute Gasteiger partial charge is 0.481 e. The van der Waals surface area contributed by atoms with Gasteiger partial charge in [0.15, 0.2) is 5.76 Å². The Hall–Kier alpha value is -1.57. The van der Waals surface area contributed by atoms with Gasteiger partial charge < -0.3 is 14.4 Å². The van der Waals surface area contributed by atoms with Crippen molar-refractivity contribution in [2.75, 3.05) is 13.1 Å². The molecular formula is C13H15F2NO4S. The van der Waals surface area contributed by atoms with E-state index in [4.69, 9.17) is 9.52 Å². The van der Waals surface area contributed by atoms with E-state index in [0.717, 1.165) is 0 Å². The van der Waals surface area contributed by atoms with E-state index in [0.29, 0.717) is 30.6 Å². The third-order valence-corrected chi connectivity index (χ3v) is 4.22. The summed E-state index contributed by atoms with van der Waals surface area (Å²) in [7, 11) is 0. The molecule has 1 unspecified atom stereocenters. The number of carbonyl (C=O) groups is 2. The highest BCUT2D eigenvalue weighted by atomic mass is 32.2. The molecule has 0 aromatic carbocycles. The number of rotatable bonds is 6. The smallest absolute Gasteiger partial charge is 0.306 e. The van der Waals surface area contributed by atoms with Gasteiger partial charge in [-0.05, 0) is 12.1 Å². The van der Waals surface area contributed by atoms with Crippen LogP contribution in [-0.4, -0.2) is 40.7 Å². The highest BCUT2D eigenvalue weighted by Crippen LogP contribution is 2.27. The van der Waals surface area contributed by atoms with Gasteiger partial charge >= 0.3 is 5.97 Å². The molecule has 1 N–H and O–H groups in total. The number of nitrogens with zero attached hydrogens (tertiary/aromatic N) is 1. The molecule has 0 aliphatic carbocycles. The van der Waals surface area contributed by atoms with Crippen molar-refractivity contribution in [3.63, 3.8) is 0 Å². The first kappa shape index (κ1) is 15.8. The molecule has 21 heavy (non-hydrogen) atoms. The minimum Gasteiger partial charge on any atom is -0.481 e. The maximum absolute atomic E-state index is 12.1. The Labute approximate surface area is 124 Å². The molecule has 1 aromatic heterocycles. The van der Waals surface area contributed by atoms with Crippen molar-refractivity contribution in [1.29, 1.82) is 0 Å². The second-order valence-electron chi connectivity index (χ2n) is 4.93. The normalized spacial score (nSPS) is 16.9. The summed E-state index contributed by atoms with van der Waals surface area (Å²) in [5.74, 6) is -3.83. The number of halogens is 2. The predicted octanol–water partition coefficient (Wildman–Crippen LogP) is 2.53. The van der Waals surface area contributed by atoms with Crippen molar-refractivity contribution >= 4 is 23.6 Å². The number of amides is 1. The van der Waals surface area contributed by atoms with Crippen LogP contribution in [0.25, 0.3) is 0 Å². The molecule has 1 amide bonds. The lowest BCUT2D eigenvalue weighted by atomic mass is 9.87. The molecular weight excluding hydrogens is 304 g/mol. The fourth-order valence-corrected chi connectivity index (χ4v) is 2.51. The second-order valence-corrected chi connectivity index (χ2v) is 5.91. The van der Waals surface area contributed by atoms with Crippen LogP contribution in [0.3, 0.4) is 0 Å². The summed E-state index contributed by atoms with van der Waals surface area (Å²) in [6, 6.07) is 2.96. The van der Waals surface area contributed by atoms with Crippen molar-refractivity contribution in [1.82, 2.24) is 4.90 Å². The number of hydrogen-bond donors (Lipinski definition) is 1. The second kappa shape index (κ2) is 6.46. The summed E-state index contributed by atoms with van der Waals surface area (Å²) >= 11 is 0.428. The minimum absolute atomic E-state index is 0.00359. The van der Waals surface area contributed by atoms with Gasteiger partial charge in [0.25, 0.3) is 11.7 Å². The van der Waals surface area contributed by atoms with Crippen molar-refractivity contribution in [2.45, 2.75) is 18.4 Å². The Bertz CT molecular complexity index is 528. The standard InChI is InChI=1S/C13H15F2NO4S/c1-7(12(18)19)8-4-16(5-8)11(17)10-3-2-9(20-10)6-21-13(14)15/h2-3,7-8,13H,4-6H2,1H3,(H,18,19). The lowest BCUT2D eigenvalue weighted by molar-refractivity contribution is -0.144. The number of furan rings is 1. The summed E-state index contributed by atoms with van der Waals surface area (Å²) in [4.78, 5) is 24.4. The Morgan fingerprint density at radius 2 is 2.14 bits per heavy atom. The van der Waals surface area contributed by atoms with E-state index in [-0.39, 0.29) is 23.3 Å². The van der Waals surface area contributed by atoms with Crippen LogP contribution >= 0.6 is 11.8 Å². The molecule has 0 saturated carbocycles. The summed E-state index contributed by atoms with van der Waals surface area (Å²) in [5, 5.41) is 8.88. The van der Waals surface area contributed by atoms with Crippen LogP contribution in [0, 0.1) is 11.8 Å². The summed E-state index contributed by atoms with van der Waals surface area (Å²) < 4.78 is 29.4. The van der Waals surface area contributed by atoms with E-state index < -0.39 is 17.6 Å². The molecule has 1 atom stereocenters. The summed E-state index contributed by atoms with van der Waals surface area (Å²) in [5.41, 5.74) is 0. The molecule has 1 saturated heterocycles. The van der Waals surface area contributed by atoms with E-state index in [1.807, 2.05) is 0 Å². The first-order valence-electron chi connectivity index (χ1n) is 6.39. The fourth-order valence-electron chi connectivity index (χ4n) is 2.07. The Kier molecular flexibility index (Phi) is 4.87. The maximum Gasteiger partial charge on any atom is 0.306 e. The molecule has 0 radical (unpaired) electrons. The van der Waals surface area contributed by atoms with Crippen molar-refractivity contribution in [3.8, 4) is 0 Å². The van der Waals surface area contributed by atoms with Crippen LogP contribution in [0.5, 0.6) is 0 Å². The zero-order valence-electron chi connectivity index (χ0n) is 11.3. The monoisotopic (exact) mass is 319 g/mol. The quantitative estimate of drug-likeness (QED) is 0.872. The molecule has 1 aromatic rings. The van der Waals surface area contributed by atoms with Gasteiger partial charge in [0.2, 0.25) is 0 Å². The average Bonchev–Trinajstić information content (AvgIpc) is 2.82. The lowest BCUT2D eigenvalue weighted by Crippen LogP contribution is -2.53. The van der Waals surface area contributed by atoms with Crippen molar-refractivity contribution < 1.29 is 27.9 Å². The van der Waals surface area contributed by atoms with Gasteiger partial charge in [0, 0.05) is 19.0 Å². The molecule has 1 aliphatic rings. The predicted molar refractivity (Wildman–Crippen MR) is 72.2 cm³/mol. The van der Waals surface area contributed by atoms with Crippen LogP contribution in [0.1, 0.15) is 23.2 Å². The van der Waals surface area contributed by atoms with Gasteiger partial charge in [-0.2, -0.15) is 8.78 Å².